The standard InChI is InChI=1S/C24H31N5O4S/c1-2-23-27-21-6-3-4-7-22(21)29(23)18-24(30)26-19-8-10-20(11-9-19)34(31,32)25-12-5-13-28-14-16-33-17-15-28/h3-4,6-11,25H,2,5,12-18H2,1H3,(H,26,30). The fourth-order valence-corrected chi connectivity index (χ4v) is 5.12. The highest BCUT2D eigenvalue weighted by Crippen LogP contribution is 2.18. The van der Waals surface area contributed by atoms with Gasteiger partial charge in [0.05, 0.1) is 29.1 Å². The van der Waals surface area contributed by atoms with Crippen LogP contribution in [0.5, 0.6) is 0 Å². The highest BCUT2D eigenvalue weighted by Gasteiger charge is 2.16. The van der Waals surface area contributed by atoms with Crippen molar-refractivity contribution >= 4 is 32.7 Å². The van der Waals surface area contributed by atoms with Gasteiger partial charge in [-0.2, -0.15) is 0 Å². The minimum atomic E-state index is -3.60. The number of amides is 1. The molecule has 0 atom stereocenters. The van der Waals surface area contributed by atoms with E-state index in [-0.39, 0.29) is 17.3 Å². The number of hydrogen-bond acceptors (Lipinski definition) is 6. The monoisotopic (exact) mass is 485 g/mol. The van der Waals surface area contributed by atoms with Gasteiger partial charge in [-0.3, -0.25) is 9.69 Å². The SMILES string of the molecule is CCc1nc2ccccc2n1CC(=O)Nc1ccc(S(=O)(=O)NCCCN2CCOCC2)cc1. The van der Waals surface area contributed by atoms with Gasteiger partial charge in [0.1, 0.15) is 12.4 Å². The molecule has 9 nitrogen and oxygen atoms in total. The lowest BCUT2D eigenvalue weighted by Gasteiger charge is -2.26. The molecule has 1 fully saturated rings. The van der Waals surface area contributed by atoms with Gasteiger partial charge in [0.2, 0.25) is 15.9 Å². The fourth-order valence-electron chi connectivity index (χ4n) is 4.05. The van der Waals surface area contributed by atoms with Gasteiger partial charge < -0.3 is 14.6 Å². The predicted octanol–water partition coefficient (Wildman–Crippen LogP) is 2.24. The number of benzene rings is 2. The van der Waals surface area contributed by atoms with Gasteiger partial charge >= 0.3 is 0 Å². The number of carbonyl (C=O) groups excluding carboxylic acids is 1. The molecule has 1 saturated heterocycles. The topological polar surface area (TPSA) is 106 Å². The molecule has 0 radical (unpaired) electrons. The lowest BCUT2D eigenvalue weighted by molar-refractivity contribution is -0.116. The van der Waals surface area contributed by atoms with E-state index in [1.165, 1.54) is 12.1 Å². The molecular formula is C24H31N5O4S. The lowest BCUT2D eigenvalue weighted by atomic mass is 10.3. The molecule has 4 rings (SSSR count). The third-order valence-corrected chi connectivity index (χ3v) is 7.32. The van der Waals surface area contributed by atoms with Crippen LogP contribution >= 0.6 is 0 Å². The average molecular weight is 486 g/mol. The van der Waals surface area contributed by atoms with Crippen molar-refractivity contribution in [3.05, 3.63) is 54.4 Å². The minimum Gasteiger partial charge on any atom is -0.379 e. The summed E-state index contributed by atoms with van der Waals surface area (Å²) in [5.41, 5.74) is 2.31. The van der Waals surface area contributed by atoms with E-state index in [1.54, 1.807) is 12.1 Å². The Hall–Kier alpha value is -2.79. The van der Waals surface area contributed by atoms with Crippen molar-refractivity contribution in [2.45, 2.75) is 31.2 Å². The number of fused-ring (bicyclic) bond motifs is 1. The van der Waals surface area contributed by atoms with E-state index < -0.39 is 10.0 Å². The molecule has 1 amide bonds. The van der Waals surface area contributed by atoms with Crippen LogP contribution in [0.15, 0.2) is 53.4 Å². The molecule has 1 aliphatic heterocycles. The number of para-hydroxylation sites is 2. The van der Waals surface area contributed by atoms with Crippen molar-refractivity contribution in [1.29, 1.82) is 0 Å². The summed E-state index contributed by atoms with van der Waals surface area (Å²) in [6.07, 6.45) is 1.45. The molecule has 182 valence electrons. The first-order valence-corrected chi connectivity index (χ1v) is 13.1. The Labute approximate surface area is 200 Å². The van der Waals surface area contributed by atoms with Gasteiger partial charge in [-0.1, -0.05) is 19.1 Å². The third kappa shape index (κ3) is 6.01. The molecule has 10 heteroatoms. The molecule has 1 aromatic heterocycles. The zero-order chi connectivity index (χ0) is 24.0. The summed E-state index contributed by atoms with van der Waals surface area (Å²) in [5, 5.41) is 2.85. The van der Waals surface area contributed by atoms with Gasteiger partial charge in [-0.15, -0.1) is 0 Å². The second-order valence-corrected chi connectivity index (χ2v) is 10.0. The summed E-state index contributed by atoms with van der Waals surface area (Å²) in [5.74, 6) is 0.646. The molecule has 2 heterocycles. The fraction of sp³-hybridized carbons (Fsp3) is 0.417. The Morgan fingerprint density at radius 1 is 1.09 bits per heavy atom. The zero-order valence-electron chi connectivity index (χ0n) is 19.4. The van der Waals surface area contributed by atoms with Crippen molar-refractivity contribution in [1.82, 2.24) is 19.2 Å². The van der Waals surface area contributed by atoms with E-state index in [1.807, 2.05) is 35.8 Å². The smallest absolute Gasteiger partial charge is 0.244 e. The zero-order valence-corrected chi connectivity index (χ0v) is 20.2. The van der Waals surface area contributed by atoms with Crippen molar-refractivity contribution in [3.63, 3.8) is 0 Å². The Balaban J connectivity index is 1.31. The summed E-state index contributed by atoms with van der Waals surface area (Å²) >= 11 is 0. The van der Waals surface area contributed by atoms with E-state index in [0.29, 0.717) is 18.7 Å². The number of ether oxygens (including phenoxy) is 1. The Morgan fingerprint density at radius 3 is 2.56 bits per heavy atom. The van der Waals surface area contributed by atoms with Crippen molar-refractivity contribution in [2.24, 2.45) is 0 Å². The van der Waals surface area contributed by atoms with Crippen LogP contribution in [0, 0.1) is 0 Å². The predicted molar refractivity (Wildman–Crippen MR) is 131 cm³/mol. The normalized spacial score (nSPS) is 15.0. The molecule has 0 spiro atoms. The number of aromatic nitrogens is 2. The third-order valence-electron chi connectivity index (χ3n) is 5.85. The maximum Gasteiger partial charge on any atom is 0.244 e. The van der Waals surface area contributed by atoms with Crippen LogP contribution in [-0.4, -0.2) is 68.2 Å². The minimum absolute atomic E-state index is 0.133. The van der Waals surface area contributed by atoms with Crippen LogP contribution in [0.3, 0.4) is 0 Å². The van der Waals surface area contributed by atoms with E-state index in [0.717, 1.165) is 56.1 Å². The van der Waals surface area contributed by atoms with E-state index >= 15 is 0 Å². The van der Waals surface area contributed by atoms with Crippen LogP contribution in [0.25, 0.3) is 11.0 Å². The summed E-state index contributed by atoms with van der Waals surface area (Å²) in [4.78, 5) is 19.7. The lowest BCUT2D eigenvalue weighted by Crippen LogP contribution is -2.38. The number of anilines is 1. The van der Waals surface area contributed by atoms with Crippen molar-refractivity contribution < 1.29 is 17.9 Å². The number of nitrogens with zero attached hydrogens (tertiary/aromatic N) is 3. The number of rotatable bonds is 10. The van der Waals surface area contributed by atoms with Gasteiger partial charge in [-0.25, -0.2) is 18.1 Å². The summed E-state index contributed by atoms with van der Waals surface area (Å²) in [6, 6.07) is 13.9. The Kier molecular flexibility index (Phi) is 7.94. The number of aryl methyl sites for hydroxylation is 1. The van der Waals surface area contributed by atoms with Crippen LogP contribution in [0.1, 0.15) is 19.2 Å². The van der Waals surface area contributed by atoms with Crippen LogP contribution in [0.4, 0.5) is 5.69 Å². The number of sulfonamides is 1. The molecule has 0 bridgehead atoms. The first kappa shape index (κ1) is 24.3. The molecule has 0 unspecified atom stereocenters. The van der Waals surface area contributed by atoms with Gasteiger partial charge in [-0.05, 0) is 49.4 Å². The van der Waals surface area contributed by atoms with E-state index in [9.17, 15) is 13.2 Å². The first-order valence-electron chi connectivity index (χ1n) is 11.6. The maximum atomic E-state index is 12.7. The summed E-state index contributed by atoms with van der Waals surface area (Å²) < 4.78 is 35.0. The van der Waals surface area contributed by atoms with Crippen molar-refractivity contribution in [2.75, 3.05) is 44.7 Å². The maximum absolute atomic E-state index is 12.7. The number of morpholine rings is 1. The summed E-state index contributed by atoms with van der Waals surface area (Å²) in [7, 11) is -3.60. The number of hydrogen-bond donors (Lipinski definition) is 2. The van der Waals surface area contributed by atoms with Crippen LogP contribution in [-0.2, 0) is 32.5 Å². The second kappa shape index (κ2) is 11.1. The molecule has 2 aromatic carbocycles. The molecule has 34 heavy (non-hydrogen) atoms. The second-order valence-electron chi connectivity index (χ2n) is 8.23. The number of carbonyl (C=O) groups is 1. The highest BCUT2D eigenvalue weighted by molar-refractivity contribution is 7.89. The average Bonchev–Trinajstić information content (AvgIpc) is 3.20. The van der Waals surface area contributed by atoms with Gasteiger partial charge in [0, 0.05) is 31.7 Å². The van der Waals surface area contributed by atoms with Gasteiger partial charge in [0.25, 0.3) is 0 Å². The Bertz CT molecular complexity index is 1220. The highest BCUT2D eigenvalue weighted by atomic mass is 32.2. The van der Waals surface area contributed by atoms with E-state index in [2.05, 4.69) is 19.9 Å². The Morgan fingerprint density at radius 2 is 1.82 bits per heavy atom. The molecular weight excluding hydrogens is 454 g/mol. The number of nitrogens with one attached hydrogen (secondary N) is 2. The van der Waals surface area contributed by atoms with Crippen LogP contribution in [0.2, 0.25) is 0 Å². The summed E-state index contributed by atoms with van der Waals surface area (Å²) in [6.45, 7) is 6.58. The molecule has 3 aromatic rings. The first-order chi connectivity index (χ1) is 16.5. The molecule has 0 aliphatic carbocycles. The quantitative estimate of drug-likeness (QED) is 0.427. The van der Waals surface area contributed by atoms with Gasteiger partial charge in [0.15, 0.2) is 0 Å². The molecule has 2 N–H and O–H groups in total. The molecule has 1 aliphatic rings. The van der Waals surface area contributed by atoms with Crippen LogP contribution < -0.4 is 10.0 Å². The largest absolute Gasteiger partial charge is 0.379 e. The van der Waals surface area contributed by atoms with Crippen molar-refractivity contribution in [3.8, 4) is 0 Å². The van der Waals surface area contributed by atoms with E-state index in [4.69, 9.17) is 4.74 Å². The molecule has 0 saturated carbocycles. The number of imidazole rings is 1.